The fourth-order valence-corrected chi connectivity index (χ4v) is 0.672. The van der Waals surface area contributed by atoms with Crippen LogP contribution in [0.4, 0.5) is 10.3 Å². The highest BCUT2D eigenvalue weighted by atomic mass is 19.1. The zero-order chi connectivity index (χ0) is 9.52. The normalized spacial score (nSPS) is 8.77. The van der Waals surface area contributed by atoms with Gasteiger partial charge in [0.15, 0.2) is 0 Å². The summed E-state index contributed by atoms with van der Waals surface area (Å²) >= 11 is 0. The van der Waals surface area contributed by atoms with Crippen LogP contribution in [0.15, 0.2) is 0 Å². The summed E-state index contributed by atoms with van der Waals surface area (Å²) in [5.41, 5.74) is 0. The maximum Gasteiger partial charge on any atom is 0.314 e. The molecule has 13 heavy (non-hydrogen) atoms. The number of rotatable bonds is 3. The van der Waals surface area contributed by atoms with E-state index in [4.69, 9.17) is 0 Å². The summed E-state index contributed by atoms with van der Waals surface area (Å²) in [7, 11) is 1.64. The third-order valence-electron chi connectivity index (χ3n) is 1.17. The van der Waals surface area contributed by atoms with E-state index in [1.807, 2.05) is 0 Å². The van der Waals surface area contributed by atoms with Gasteiger partial charge in [0.25, 0.3) is 13.1 Å². The number of aromatic nitrogens is 3. The van der Waals surface area contributed by atoms with Crippen molar-refractivity contribution in [3.63, 3.8) is 0 Å². The van der Waals surface area contributed by atoms with E-state index in [0.717, 1.165) is 0 Å². The first-order chi connectivity index (χ1) is 6.33. The maximum absolute atomic E-state index is 12.4. The minimum Gasteiger partial charge on any atom is -0.353 e. The van der Waals surface area contributed by atoms with Crippen LogP contribution in [-0.4, -0.2) is 28.5 Å². The molecule has 1 aromatic rings. The van der Waals surface area contributed by atoms with Crippen molar-refractivity contribution < 1.29 is 4.39 Å². The molecule has 0 unspecified atom stereocenters. The van der Waals surface area contributed by atoms with Crippen LogP contribution >= 0.6 is 0 Å². The van der Waals surface area contributed by atoms with Crippen LogP contribution in [0.2, 0.25) is 0 Å². The molecule has 0 amide bonds. The van der Waals surface area contributed by atoms with E-state index in [-0.39, 0.29) is 5.95 Å². The summed E-state index contributed by atoms with van der Waals surface area (Å²) in [6.07, 6.45) is 1.90. The third-order valence-corrected chi connectivity index (χ3v) is 1.17. The molecule has 1 radical (unpaired) electrons. The Bertz CT molecular complexity index is 329. The number of halogens is 1. The molecule has 1 rings (SSSR count). The van der Waals surface area contributed by atoms with Gasteiger partial charge in [-0.05, 0) is 0 Å². The first-order valence-corrected chi connectivity index (χ1v) is 3.66. The third kappa shape index (κ3) is 3.42. The van der Waals surface area contributed by atoms with E-state index in [0.29, 0.717) is 13.0 Å². The SMILES string of the molecule is C[N+]#CCCNc1n[c]nc(F)n1. The second kappa shape index (κ2) is 4.98. The lowest BCUT2D eigenvalue weighted by Crippen LogP contribution is -2.06. The first-order valence-electron chi connectivity index (χ1n) is 3.66. The molecule has 0 aliphatic heterocycles. The quantitative estimate of drug-likeness (QED) is 0.693. The smallest absolute Gasteiger partial charge is 0.314 e. The lowest BCUT2D eigenvalue weighted by molar-refractivity contribution is 0.532. The molecule has 0 fully saturated rings. The van der Waals surface area contributed by atoms with Crippen molar-refractivity contribution in [1.82, 2.24) is 15.0 Å². The standard InChI is InChI=1S/C7H8FN5/c1-9-3-2-4-10-7-12-5-11-6(8)13-7/h2,4H2,1H3,(H,10,11,12,13)/q+1. The molecule has 0 aromatic carbocycles. The zero-order valence-corrected chi connectivity index (χ0v) is 7.08. The highest BCUT2D eigenvalue weighted by molar-refractivity contribution is 5.20. The van der Waals surface area contributed by atoms with Gasteiger partial charge in [-0.25, -0.2) is 0 Å². The van der Waals surface area contributed by atoms with E-state index in [9.17, 15) is 4.39 Å². The van der Waals surface area contributed by atoms with Gasteiger partial charge < -0.3 is 5.32 Å². The molecule has 67 valence electrons. The summed E-state index contributed by atoms with van der Waals surface area (Å²) in [5.74, 6) is 0.172. The van der Waals surface area contributed by atoms with Crippen molar-refractivity contribution in [3.05, 3.63) is 17.3 Å². The number of nitrogens with zero attached hydrogens (tertiary/aromatic N) is 4. The molecule has 0 atom stereocenters. The van der Waals surface area contributed by atoms with Crippen molar-refractivity contribution in [2.45, 2.75) is 6.42 Å². The fourth-order valence-electron chi connectivity index (χ4n) is 0.672. The fraction of sp³-hybridized carbons (Fsp3) is 0.429. The topological polar surface area (TPSA) is 55.1 Å². The summed E-state index contributed by atoms with van der Waals surface area (Å²) in [6.45, 7) is 0.550. The van der Waals surface area contributed by atoms with Gasteiger partial charge in [0.2, 0.25) is 12.3 Å². The summed E-state index contributed by atoms with van der Waals surface area (Å²) < 4.78 is 12.4. The molecule has 1 N–H and O–H groups in total. The lowest BCUT2D eigenvalue weighted by atomic mass is 10.5. The van der Waals surface area contributed by atoms with E-state index in [1.54, 1.807) is 7.05 Å². The van der Waals surface area contributed by atoms with Crippen LogP contribution in [0.1, 0.15) is 6.42 Å². The highest BCUT2D eigenvalue weighted by Gasteiger charge is 1.98. The zero-order valence-electron chi connectivity index (χ0n) is 7.08. The molecular formula is C7H8FN5+. The van der Waals surface area contributed by atoms with Gasteiger partial charge in [0.1, 0.15) is 0 Å². The van der Waals surface area contributed by atoms with Crippen LogP contribution in [0, 0.1) is 18.5 Å². The molecule has 0 aliphatic rings. The Morgan fingerprint density at radius 2 is 2.46 bits per heavy atom. The Balaban J connectivity index is 2.39. The van der Waals surface area contributed by atoms with Gasteiger partial charge in [0, 0.05) is 6.54 Å². The first kappa shape index (κ1) is 9.32. The number of hydrogen-bond donors (Lipinski definition) is 1. The molecule has 0 saturated carbocycles. The second-order valence-electron chi connectivity index (χ2n) is 2.09. The predicted molar refractivity (Wildman–Crippen MR) is 44.9 cm³/mol. The molecule has 5 nitrogen and oxygen atoms in total. The molecule has 0 aliphatic carbocycles. The Labute approximate surface area is 74.9 Å². The largest absolute Gasteiger partial charge is 0.353 e. The minimum absolute atomic E-state index is 0.172. The van der Waals surface area contributed by atoms with Crippen molar-refractivity contribution >= 4 is 5.95 Å². The Kier molecular flexibility index (Phi) is 3.57. The van der Waals surface area contributed by atoms with Crippen LogP contribution in [0.5, 0.6) is 0 Å². The minimum atomic E-state index is -0.842. The van der Waals surface area contributed by atoms with E-state index in [2.05, 4.69) is 37.5 Å². The predicted octanol–water partition coefficient (Wildman–Crippen LogP) is 0.576. The van der Waals surface area contributed by atoms with Gasteiger partial charge >= 0.3 is 6.08 Å². The van der Waals surface area contributed by atoms with Crippen LogP contribution < -0.4 is 5.32 Å². The second-order valence-corrected chi connectivity index (χ2v) is 2.09. The summed E-state index contributed by atoms with van der Waals surface area (Å²) in [4.78, 5) is 13.7. The number of anilines is 1. The molecule has 6 heteroatoms. The molecule has 0 spiro atoms. The highest BCUT2D eigenvalue weighted by Crippen LogP contribution is 1.94. The van der Waals surface area contributed by atoms with Crippen LogP contribution in [0.3, 0.4) is 0 Å². The average molecular weight is 181 g/mol. The monoisotopic (exact) mass is 181 g/mol. The molecule has 0 bridgehead atoms. The van der Waals surface area contributed by atoms with Gasteiger partial charge in [-0.1, -0.05) is 4.85 Å². The van der Waals surface area contributed by atoms with Crippen molar-refractivity contribution in [1.29, 1.82) is 0 Å². The maximum atomic E-state index is 12.4. The average Bonchev–Trinajstić information content (AvgIpc) is 2.13. The molecule has 1 aromatic heterocycles. The number of hydrogen-bond acceptors (Lipinski definition) is 4. The van der Waals surface area contributed by atoms with Gasteiger partial charge in [-0.15, -0.1) is 0 Å². The molecular weight excluding hydrogens is 173 g/mol. The van der Waals surface area contributed by atoms with E-state index < -0.39 is 6.08 Å². The van der Waals surface area contributed by atoms with Crippen LogP contribution in [-0.2, 0) is 0 Å². The van der Waals surface area contributed by atoms with Crippen molar-refractivity contribution in [2.24, 2.45) is 0 Å². The molecule has 0 saturated heterocycles. The van der Waals surface area contributed by atoms with Gasteiger partial charge in [-0.2, -0.15) is 19.3 Å². The van der Waals surface area contributed by atoms with Crippen molar-refractivity contribution in [2.75, 3.05) is 18.9 Å². The van der Waals surface area contributed by atoms with E-state index in [1.165, 1.54) is 0 Å². The van der Waals surface area contributed by atoms with Gasteiger partial charge in [-0.3, -0.25) is 0 Å². The Hall–Kier alpha value is -1.77. The lowest BCUT2D eigenvalue weighted by Gasteiger charge is -1.97. The number of nitrogens with one attached hydrogen (secondary N) is 1. The van der Waals surface area contributed by atoms with Gasteiger partial charge in [0.05, 0.1) is 6.42 Å². The van der Waals surface area contributed by atoms with E-state index >= 15 is 0 Å². The summed E-state index contributed by atoms with van der Waals surface area (Å²) in [6, 6.07) is 2.72. The molecule has 1 heterocycles. The Morgan fingerprint density at radius 1 is 1.62 bits per heavy atom. The van der Waals surface area contributed by atoms with Crippen LogP contribution in [0.25, 0.3) is 4.85 Å². The van der Waals surface area contributed by atoms with Crippen molar-refractivity contribution in [3.8, 4) is 6.07 Å². The summed E-state index contributed by atoms with van der Waals surface area (Å²) in [5, 5.41) is 2.76. The Morgan fingerprint density at radius 3 is 3.15 bits per heavy atom.